The van der Waals surface area contributed by atoms with E-state index < -0.39 is 5.97 Å². The molecule has 0 radical (unpaired) electrons. The third-order valence-corrected chi connectivity index (χ3v) is 6.03. The number of fused-ring (bicyclic) bond motifs is 1. The predicted octanol–water partition coefficient (Wildman–Crippen LogP) is 6.01. The number of para-hydroxylation sites is 2. The van der Waals surface area contributed by atoms with Gasteiger partial charge in [-0.3, -0.25) is 9.69 Å². The highest BCUT2D eigenvalue weighted by Crippen LogP contribution is 2.42. The zero-order chi connectivity index (χ0) is 23.1. The lowest BCUT2D eigenvalue weighted by molar-refractivity contribution is -0.112. The largest absolute Gasteiger partial charge is 0.478 e. The van der Waals surface area contributed by atoms with E-state index in [1.165, 1.54) is 0 Å². The van der Waals surface area contributed by atoms with Crippen LogP contribution in [0.2, 0.25) is 0 Å². The molecule has 0 saturated carbocycles. The number of rotatable bonds is 4. The van der Waals surface area contributed by atoms with E-state index in [1.807, 2.05) is 74.5 Å². The lowest BCUT2D eigenvalue weighted by Gasteiger charge is -2.16. The summed E-state index contributed by atoms with van der Waals surface area (Å²) in [6.07, 6.45) is 1.95. The topological polar surface area (TPSA) is 62.5 Å². The second-order valence-electron chi connectivity index (χ2n) is 8.07. The van der Waals surface area contributed by atoms with Crippen molar-refractivity contribution >= 4 is 34.9 Å². The van der Waals surface area contributed by atoms with Crippen LogP contribution in [0.4, 0.5) is 11.4 Å². The van der Waals surface area contributed by atoms with E-state index >= 15 is 0 Å². The number of carbonyl (C=O) groups excluding carboxylic acids is 1. The van der Waals surface area contributed by atoms with E-state index in [2.05, 4.69) is 10.6 Å². The van der Waals surface area contributed by atoms with Crippen LogP contribution < -0.4 is 4.90 Å². The van der Waals surface area contributed by atoms with Crippen molar-refractivity contribution in [3.8, 4) is 5.69 Å². The number of anilines is 2. The fourth-order valence-corrected chi connectivity index (χ4v) is 4.45. The molecular weight excluding hydrogens is 412 g/mol. The summed E-state index contributed by atoms with van der Waals surface area (Å²) in [4.78, 5) is 26.5. The SMILES string of the molecule is Cc1cc(C=C2C(=O)N(c3ccccc3)c3ccccc32)c(C)n1-c1ccc(C(=O)O)cc1. The molecule has 5 nitrogen and oxygen atoms in total. The number of benzene rings is 3. The fraction of sp³-hybridized carbons (Fsp3) is 0.0714. The number of carboxylic acid groups (broad SMARTS) is 1. The first-order valence-electron chi connectivity index (χ1n) is 10.7. The molecule has 1 aliphatic rings. The summed E-state index contributed by atoms with van der Waals surface area (Å²) in [5.41, 5.74) is 7.31. The van der Waals surface area contributed by atoms with Crippen molar-refractivity contribution in [1.82, 2.24) is 4.57 Å². The monoisotopic (exact) mass is 434 g/mol. The second-order valence-corrected chi connectivity index (χ2v) is 8.07. The molecule has 5 heteroatoms. The molecule has 1 amide bonds. The molecule has 0 fully saturated rings. The van der Waals surface area contributed by atoms with Crippen molar-refractivity contribution in [2.45, 2.75) is 13.8 Å². The van der Waals surface area contributed by atoms with E-state index in [4.69, 9.17) is 0 Å². The third-order valence-electron chi connectivity index (χ3n) is 6.03. The Hall–Kier alpha value is -4.38. The van der Waals surface area contributed by atoms with Gasteiger partial charge in [-0.25, -0.2) is 4.79 Å². The van der Waals surface area contributed by atoms with Gasteiger partial charge in [0.2, 0.25) is 0 Å². The Morgan fingerprint density at radius 3 is 2.21 bits per heavy atom. The highest BCUT2D eigenvalue weighted by molar-refractivity contribution is 6.38. The molecule has 0 unspecified atom stereocenters. The number of nitrogens with zero attached hydrogens (tertiary/aromatic N) is 2. The molecule has 0 aliphatic carbocycles. The van der Waals surface area contributed by atoms with Crippen LogP contribution in [0.1, 0.15) is 32.9 Å². The second kappa shape index (κ2) is 7.95. The van der Waals surface area contributed by atoms with Crippen LogP contribution in [0.3, 0.4) is 0 Å². The molecular formula is C28H22N2O3. The zero-order valence-electron chi connectivity index (χ0n) is 18.3. The molecule has 1 aliphatic heterocycles. The Kier molecular flexibility index (Phi) is 4.94. The maximum absolute atomic E-state index is 13.5. The normalized spacial score (nSPS) is 14.1. The number of aromatic carboxylic acids is 1. The Morgan fingerprint density at radius 2 is 1.52 bits per heavy atom. The predicted molar refractivity (Wildman–Crippen MR) is 130 cm³/mol. The number of hydrogen-bond acceptors (Lipinski definition) is 2. The first-order chi connectivity index (χ1) is 16.0. The van der Waals surface area contributed by atoms with E-state index in [0.29, 0.717) is 5.57 Å². The minimum Gasteiger partial charge on any atom is -0.478 e. The van der Waals surface area contributed by atoms with Crippen LogP contribution >= 0.6 is 0 Å². The smallest absolute Gasteiger partial charge is 0.335 e. The minimum atomic E-state index is -0.950. The summed E-state index contributed by atoms with van der Waals surface area (Å²) in [5, 5.41) is 9.18. The Bertz CT molecular complexity index is 1410. The molecule has 33 heavy (non-hydrogen) atoms. The molecule has 1 aromatic heterocycles. The van der Waals surface area contributed by atoms with Crippen LogP contribution in [0.15, 0.2) is 84.9 Å². The first-order valence-corrected chi connectivity index (χ1v) is 10.7. The maximum atomic E-state index is 13.5. The van der Waals surface area contributed by atoms with Crippen molar-refractivity contribution in [3.05, 3.63) is 113 Å². The molecule has 0 bridgehead atoms. The molecule has 1 N–H and O–H groups in total. The molecule has 2 heterocycles. The van der Waals surface area contributed by atoms with Crippen molar-refractivity contribution in [2.24, 2.45) is 0 Å². The molecule has 0 spiro atoms. The van der Waals surface area contributed by atoms with Crippen molar-refractivity contribution in [1.29, 1.82) is 0 Å². The number of aryl methyl sites for hydroxylation is 1. The Morgan fingerprint density at radius 1 is 0.848 bits per heavy atom. The molecule has 4 aromatic rings. The van der Waals surface area contributed by atoms with E-state index in [0.717, 1.165) is 39.6 Å². The van der Waals surface area contributed by atoms with Gasteiger partial charge in [0.1, 0.15) is 0 Å². The lowest BCUT2D eigenvalue weighted by Crippen LogP contribution is -2.20. The van der Waals surface area contributed by atoms with Gasteiger partial charge in [0.15, 0.2) is 0 Å². The van der Waals surface area contributed by atoms with Crippen LogP contribution in [0.25, 0.3) is 17.3 Å². The quantitative estimate of drug-likeness (QED) is 0.400. The molecule has 162 valence electrons. The summed E-state index contributed by atoms with van der Waals surface area (Å²) in [6.45, 7) is 4.01. The highest BCUT2D eigenvalue weighted by atomic mass is 16.4. The average molecular weight is 434 g/mol. The Labute approximate surface area is 191 Å². The van der Waals surface area contributed by atoms with Gasteiger partial charge >= 0.3 is 5.97 Å². The minimum absolute atomic E-state index is 0.0574. The van der Waals surface area contributed by atoms with Gasteiger partial charge in [0, 0.05) is 28.3 Å². The van der Waals surface area contributed by atoms with Crippen LogP contribution in [0, 0.1) is 13.8 Å². The van der Waals surface area contributed by atoms with Gasteiger partial charge in [0.25, 0.3) is 5.91 Å². The van der Waals surface area contributed by atoms with E-state index in [1.54, 1.807) is 29.2 Å². The van der Waals surface area contributed by atoms with Gasteiger partial charge < -0.3 is 9.67 Å². The lowest BCUT2D eigenvalue weighted by atomic mass is 10.0. The van der Waals surface area contributed by atoms with Crippen molar-refractivity contribution in [2.75, 3.05) is 4.90 Å². The molecule has 3 aromatic carbocycles. The number of carbonyl (C=O) groups is 2. The van der Waals surface area contributed by atoms with Crippen LogP contribution in [0.5, 0.6) is 0 Å². The number of hydrogen-bond donors (Lipinski definition) is 1. The van der Waals surface area contributed by atoms with Crippen LogP contribution in [-0.4, -0.2) is 21.6 Å². The summed E-state index contributed by atoms with van der Waals surface area (Å²) in [6, 6.07) is 26.3. The third kappa shape index (κ3) is 3.44. The number of aromatic nitrogens is 1. The molecule has 5 rings (SSSR count). The summed E-state index contributed by atoms with van der Waals surface area (Å²) < 4.78 is 2.07. The highest BCUT2D eigenvalue weighted by Gasteiger charge is 2.33. The standard InChI is InChI=1S/C28H22N2O3/c1-18-16-21(19(2)29(18)23-14-12-20(13-15-23)28(32)33)17-25-24-10-6-7-11-26(24)30(27(25)31)22-8-4-3-5-9-22/h3-17H,1-2H3,(H,32,33). The van der Waals surface area contributed by atoms with Crippen molar-refractivity contribution < 1.29 is 14.7 Å². The maximum Gasteiger partial charge on any atom is 0.335 e. The number of carboxylic acids is 1. The fourth-order valence-electron chi connectivity index (χ4n) is 4.45. The Balaban J connectivity index is 1.59. The molecule has 0 atom stereocenters. The van der Waals surface area contributed by atoms with E-state index in [-0.39, 0.29) is 11.5 Å². The van der Waals surface area contributed by atoms with Gasteiger partial charge in [-0.2, -0.15) is 0 Å². The van der Waals surface area contributed by atoms with Gasteiger partial charge in [-0.05, 0) is 74.0 Å². The van der Waals surface area contributed by atoms with Gasteiger partial charge in [0.05, 0.1) is 16.8 Å². The molecule has 0 saturated heterocycles. The van der Waals surface area contributed by atoms with E-state index in [9.17, 15) is 14.7 Å². The van der Waals surface area contributed by atoms with Crippen LogP contribution in [-0.2, 0) is 4.79 Å². The van der Waals surface area contributed by atoms with Gasteiger partial charge in [-0.15, -0.1) is 0 Å². The summed E-state index contributed by atoms with van der Waals surface area (Å²) in [7, 11) is 0. The number of amides is 1. The zero-order valence-corrected chi connectivity index (χ0v) is 18.3. The average Bonchev–Trinajstić information content (AvgIpc) is 3.27. The summed E-state index contributed by atoms with van der Waals surface area (Å²) in [5.74, 6) is -1.01. The first kappa shape index (κ1) is 20.5. The summed E-state index contributed by atoms with van der Waals surface area (Å²) >= 11 is 0. The van der Waals surface area contributed by atoms with Gasteiger partial charge in [-0.1, -0.05) is 36.4 Å². The van der Waals surface area contributed by atoms with Crippen molar-refractivity contribution in [3.63, 3.8) is 0 Å².